The molecule has 0 amide bonds. The van der Waals surface area contributed by atoms with Crippen LogP contribution in [0.3, 0.4) is 0 Å². The summed E-state index contributed by atoms with van der Waals surface area (Å²) in [7, 11) is 2.59. The fraction of sp³-hybridized carbons (Fsp3) is 0.250. The molecule has 0 atom stereocenters. The maximum Gasteiger partial charge on any atom is 0.377 e. The van der Waals surface area contributed by atoms with Gasteiger partial charge in [-0.15, -0.1) is 5.10 Å². The number of aromatic amines is 1. The first-order valence-corrected chi connectivity index (χ1v) is 11.6. The third kappa shape index (κ3) is 9.49. The number of benzene rings is 2. The van der Waals surface area contributed by atoms with E-state index in [2.05, 4.69) is 81.9 Å². The van der Waals surface area contributed by atoms with Crippen LogP contribution in [0.15, 0.2) is 61.2 Å². The van der Waals surface area contributed by atoms with Gasteiger partial charge in [0, 0.05) is 5.33 Å². The van der Waals surface area contributed by atoms with Crippen LogP contribution in [0, 0.1) is 13.8 Å². The van der Waals surface area contributed by atoms with E-state index >= 15 is 0 Å². The average molecular weight is 543 g/mol. The number of carbonyl (C=O) groups is 2. The van der Waals surface area contributed by atoms with E-state index in [1.165, 1.54) is 43.6 Å². The average Bonchev–Trinajstić information content (AvgIpc) is 3.59. The molecule has 0 fully saturated rings. The molecule has 1 N–H and O–H groups in total. The quantitative estimate of drug-likeness (QED) is 0.297. The summed E-state index contributed by atoms with van der Waals surface area (Å²) >= 11 is 3.38. The number of hydrogen-bond donors (Lipinski definition) is 1. The Morgan fingerprint density at radius 1 is 0.886 bits per heavy atom. The summed E-state index contributed by atoms with van der Waals surface area (Å²) < 4.78 is 10.5. The van der Waals surface area contributed by atoms with Crippen molar-refractivity contribution in [1.29, 1.82) is 0 Å². The predicted octanol–water partition coefficient (Wildman–Crippen LogP) is 3.90. The van der Waals surface area contributed by atoms with Gasteiger partial charge in [0.15, 0.2) is 0 Å². The zero-order valence-corrected chi connectivity index (χ0v) is 21.5. The van der Waals surface area contributed by atoms with Crippen molar-refractivity contribution in [3.8, 4) is 0 Å². The Morgan fingerprint density at radius 3 is 1.94 bits per heavy atom. The molecule has 0 unspecified atom stereocenters. The Labute approximate surface area is 211 Å². The van der Waals surface area contributed by atoms with Crippen LogP contribution in [-0.4, -0.2) is 56.1 Å². The van der Waals surface area contributed by atoms with Crippen LogP contribution < -0.4 is 0 Å². The molecule has 0 aliphatic carbocycles. The van der Waals surface area contributed by atoms with Crippen LogP contribution >= 0.6 is 15.9 Å². The van der Waals surface area contributed by atoms with Gasteiger partial charge in [0.05, 0.1) is 20.8 Å². The molecular formula is C24H27BrN6O4. The fourth-order valence-corrected chi connectivity index (χ4v) is 2.89. The molecule has 4 aromatic rings. The first kappa shape index (κ1) is 27.4. The molecule has 0 saturated carbocycles. The zero-order valence-electron chi connectivity index (χ0n) is 19.9. The number of ether oxygens (including phenoxy) is 2. The standard InChI is InChI=1S/C12H13N3O2.C8H9Br.C4H5N3O2/c1-9-3-5-10(6-4-9)7-15-8-13-11(14-15)12(16)17-2;1-7-2-4-8(6-9)5-3-7;1-9-4(8)3-5-2-6-7-3/h3-6,8H,7H2,1-2H3;2-5H,6H2,1H3;2H,1H3,(H,5,6,7). The molecule has 184 valence electrons. The van der Waals surface area contributed by atoms with Crippen LogP contribution in [0.5, 0.6) is 0 Å². The monoisotopic (exact) mass is 542 g/mol. The van der Waals surface area contributed by atoms with Gasteiger partial charge in [0.2, 0.25) is 5.82 Å². The van der Waals surface area contributed by atoms with Crippen LogP contribution in [-0.2, 0) is 21.3 Å². The lowest BCUT2D eigenvalue weighted by Gasteiger charge is -2.01. The lowest BCUT2D eigenvalue weighted by molar-refractivity contribution is 0.0578. The van der Waals surface area contributed by atoms with E-state index in [0.717, 1.165) is 10.9 Å². The number of nitrogens with one attached hydrogen (secondary N) is 1. The second-order valence-corrected chi connectivity index (χ2v) is 7.75. The largest absolute Gasteiger partial charge is 0.463 e. The molecule has 2 heterocycles. The van der Waals surface area contributed by atoms with Gasteiger partial charge in [-0.3, -0.25) is 5.10 Å². The second-order valence-electron chi connectivity index (χ2n) is 7.19. The fourth-order valence-electron chi connectivity index (χ4n) is 2.51. The Balaban J connectivity index is 0.000000203. The minimum absolute atomic E-state index is 0.0830. The van der Waals surface area contributed by atoms with Gasteiger partial charge in [-0.1, -0.05) is 75.6 Å². The molecule has 35 heavy (non-hydrogen) atoms. The van der Waals surface area contributed by atoms with Crippen molar-refractivity contribution in [2.24, 2.45) is 0 Å². The molecule has 10 nitrogen and oxygen atoms in total. The number of rotatable bonds is 5. The summed E-state index contributed by atoms with van der Waals surface area (Å²) in [6.07, 6.45) is 2.76. The number of H-pyrrole nitrogens is 1. The summed E-state index contributed by atoms with van der Waals surface area (Å²) in [6.45, 7) is 4.72. The minimum Gasteiger partial charge on any atom is -0.463 e. The molecule has 0 spiro atoms. The molecule has 0 aliphatic rings. The minimum atomic E-state index is -0.521. The maximum absolute atomic E-state index is 11.2. The molecule has 0 aliphatic heterocycles. The number of aryl methyl sites for hydroxylation is 2. The van der Waals surface area contributed by atoms with Gasteiger partial charge in [0.1, 0.15) is 12.7 Å². The molecule has 0 bridgehead atoms. The van der Waals surface area contributed by atoms with E-state index in [0.29, 0.717) is 6.54 Å². The summed E-state index contributed by atoms with van der Waals surface area (Å²) in [5.74, 6) is -0.822. The number of aromatic nitrogens is 6. The Bertz CT molecular complexity index is 1180. The summed E-state index contributed by atoms with van der Waals surface area (Å²) in [5, 5.41) is 10.8. The van der Waals surface area contributed by atoms with Crippen molar-refractivity contribution in [3.05, 3.63) is 95.1 Å². The molecule has 0 radical (unpaired) electrons. The lowest BCUT2D eigenvalue weighted by Crippen LogP contribution is -2.06. The SMILES string of the molecule is COC(=O)c1ncn(Cc2ccc(C)cc2)n1.COC(=O)c1ncn[nH]1.Cc1ccc(CBr)cc1. The molecule has 4 rings (SSSR count). The third-order valence-corrected chi connectivity index (χ3v) is 5.09. The number of esters is 2. The summed E-state index contributed by atoms with van der Waals surface area (Å²) in [4.78, 5) is 29.1. The van der Waals surface area contributed by atoms with E-state index in [4.69, 9.17) is 0 Å². The van der Waals surface area contributed by atoms with Crippen LogP contribution in [0.2, 0.25) is 0 Å². The molecule has 2 aromatic carbocycles. The Kier molecular flexibility index (Phi) is 11.3. The van der Waals surface area contributed by atoms with Gasteiger partial charge in [-0.25, -0.2) is 24.2 Å². The van der Waals surface area contributed by atoms with Crippen molar-refractivity contribution < 1.29 is 19.1 Å². The molecule has 0 saturated heterocycles. The second kappa shape index (κ2) is 14.4. The Morgan fingerprint density at radius 2 is 1.46 bits per heavy atom. The molecule has 11 heteroatoms. The van der Waals surface area contributed by atoms with Crippen molar-refractivity contribution in [1.82, 2.24) is 29.9 Å². The van der Waals surface area contributed by atoms with E-state index in [-0.39, 0.29) is 11.6 Å². The van der Waals surface area contributed by atoms with Gasteiger partial charge >= 0.3 is 11.9 Å². The third-order valence-electron chi connectivity index (χ3n) is 4.44. The van der Waals surface area contributed by atoms with Crippen molar-refractivity contribution in [2.75, 3.05) is 14.2 Å². The Hall–Kier alpha value is -3.86. The number of methoxy groups -OCH3 is 2. The van der Waals surface area contributed by atoms with E-state index in [1.807, 2.05) is 31.2 Å². The number of hydrogen-bond acceptors (Lipinski definition) is 8. The highest BCUT2D eigenvalue weighted by atomic mass is 79.9. The number of carbonyl (C=O) groups excluding carboxylic acids is 2. The number of halogens is 1. The van der Waals surface area contributed by atoms with Gasteiger partial charge < -0.3 is 9.47 Å². The van der Waals surface area contributed by atoms with E-state index < -0.39 is 11.9 Å². The molecular weight excluding hydrogens is 516 g/mol. The smallest absolute Gasteiger partial charge is 0.377 e. The van der Waals surface area contributed by atoms with Crippen molar-refractivity contribution >= 4 is 27.9 Å². The van der Waals surface area contributed by atoms with E-state index in [1.54, 1.807) is 4.68 Å². The van der Waals surface area contributed by atoms with Crippen molar-refractivity contribution in [2.45, 2.75) is 25.7 Å². The van der Waals surface area contributed by atoms with Gasteiger partial charge in [-0.2, -0.15) is 5.10 Å². The highest BCUT2D eigenvalue weighted by Crippen LogP contribution is 2.06. The van der Waals surface area contributed by atoms with Crippen LogP contribution in [0.1, 0.15) is 43.5 Å². The first-order valence-electron chi connectivity index (χ1n) is 10.4. The normalized spacial score (nSPS) is 9.74. The maximum atomic E-state index is 11.2. The van der Waals surface area contributed by atoms with E-state index in [9.17, 15) is 9.59 Å². The van der Waals surface area contributed by atoms with Crippen molar-refractivity contribution in [3.63, 3.8) is 0 Å². The number of alkyl halides is 1. The topological polar surface area (TPSA) is 125 Å². The highest BCUT2D eigenvalue weighted by molar-refractivity contribution is 9.08. The zero-order chi connectivity index (χ0) is 25.6. The summed E-state index contributed by atoms with van der Waals surface area (Å²) in [6, 6.07) is 16.6. The van der Waals surface area contributed by atoms with Gasteiger partial charge in [0.25, 0.3) is 5.82 Å². The molecule has 2 aromatic heterocycles. The van der Waals surface area contributed by atoms with Gasteiger partial charge in [-0.05, 0) is 25.0 Å². The lowest BCUT2D eigenvalue weighted by atomic mass is 10.1. The summed E-state index contributed by atoms with van der Waals surface area (Å²) in [5.41, 5.74) is 4.97. The van der Waals surface area contributed by atoms with Crippen LogP contribution in [0.4, 0.5) is 0 Å². The first-order chi connectivity index (χ1) is 16.9. The predicted molar refractivity (Wildman–Crippen MR) is 133 cm³/mol. The number of nitrogens with zero attached hydrogens (tertiary/aromatic N) is 5. The highest BCUT2D eigenvalue weighted by Gasteiger charge is 2.11. The van der Waals surface area contributed by atoms with Crippen LogP contribution in [0.25, 0.3) is 0 Å².